The molecule has 0 bridgehead atoms. The first-order chi connectivity index (χ1) is 8.76. The van der Waals surface area contributed by atoms with Crippen molar-refractivity contribution in [1.82, 2.24) is 4.72 Å². The first kappa shape index (κ1) is 15.9. The van der Waals surface area contributed by atoms with E-state index in [2.05, 4.69) is 4.72 Å². The topological polar surface area (TPSA) is 83.5 Å². The van der Waals surface area contributed by atoms with Crippen molar-refractivity contribution in [1.29, 1.82) is 0 Å². The van der Waals surface area contributed by atoms with Crippen LogP contribution in [0.25, 0.3) is 0 Å². The highest BCUT2D eigenvalue weighted by Crippen LogP contribution is 2.22. The second-order valence-electron chi connectivity index (χ2n) is 3.90. The number of sulfonamides is 1. The van der Waals surface area contributed by atoms with Crippen LogP contribution in [0.1, 0.15) is 19.8 Å². The molecule has 0 aliphatic heterocycles. The monoisotopic (exact) mass is 309 g/mol. The van der Waals surface area contributed by atoms with E-state index in [9.17, 15) is 17.6 Å². The molecule has 0 heterocycles. The summed E-state index contributed by atoms with van der Waals surface area (Å²) in [5, 5.41) is 8.41. The lowest BCUT2D eigenvalue weighted by Gasteiger charge is -2.15. The van der Waals surface area contributed by atoms with Gasteiger partial charge in [-0.1, -0.05) is 18.5 Å². The van der Waals surface area contributed by atoms with Crippen molar-refractivity contribution in [2.75, 3.05) is 0 Å². The Morgan fingerprint density at radius 3 is 2.63 bits per heavy atom. The summed E-state index contributed by atoms with van der Waals surface area (Å²) < 4.78 is 39.1. The van der Waals surface area contributed by atoms with E-state index in [-0.39, 0.29) is 16.3 Å². The van der Waals surface area contributed by atoms with E-state index in [1.165, 1.54) is 0 Å². The molecular formula is C11H13ClFNO4S. The quantitative estimate of drug-likeness (QED) is 0.842. The third-order valence-corrected chi connectivity index (χ3v) is 4.42. The first-order valence-electron chi connectivity index (χ1n) is 5.45. The molecule has 8 heteroatoms. The molecule has 1 rings (SSSR count). The number of carboxylic acids is 1. The summed E-state index contributed by atoms with van der Waals surface area (Å²) in [6.45, 7) is 1.66. The Hall–Kier alpha value is -1.18. The lowest BCUT2D eigenvalue weighted by atomic mass is 10.2. The summed E-state index contributed by atoms with van der Waals surface area (Å²) in [5.41, 5.74) is 0. The predicted octanol–water partition coefficient (Wildman–Crippen LogP) is 2.01. The fraction of sp³-hybridized carbons (Fsp3) is 0.364. The molecule has 0 spiro atoms. The molecule has 106 valence electrons. The van der Waals surface area contributed by atoms with E-state index in [1.807, 2.05) is 0 Å². The van der Waals surface area contributed by atoms with Crippen molar-refractivity contribution in [3.63, 3.8) is 0 Å². The van der Waals surface area contributed by atoms with Crippen molar-refractivity contribution in [3.05, 3.63) is 29.0 Å². The van der Waals surface area contributed by atoms with Crippen LogP contribution in [0.2, 0.25) is 5.02 Å². The van der Waals surface area contributed by atoms with Crippen LogP contribution in [0.4, 0.5) is 4.39 Å². The van der Waals surface area contributed by atoms with E-state index in [0.717, 1.165) is 18.2 Å². The zero-order valence-electron chi connectivity index (χ0n) is 10.1. The molecule has 0 aromatic heterocycles. The molecule has 0 saturated heterocycles. The Kier molecular flexibility index (Phi) is 5.28. The SMILES string of the molecule is CCC(CC(=O)O)NS(=O)(=O)c1ccc(F)cc1Cl. The highest BCUT2D eigenvalue weighted by molar-refractivity contribution is 7.89. The molecule has 2 N–H and O–H groups in total. The number of halogens is 2. The highest BCUT2D eigenvalue weighted by atomic mass is 35.5. The first-order valence-corrected chi connectivity index (χ1v) is 7.31. The van der Waals surface area contributed by atoms with Crippen LogP contribution in [0.5, 0.6) is 0 Å². The normalized spacial score (nSPS) is 13.2. The Bertz CT molecular complexity index is 576. The number of benzene rings is 1. The fourth-order valence-corrected chi connectivity index (χ4v) is 3.31. The van der Waals surface area contributed by atoms with Crippen LogP contribution in [0.15, 0.2) is 23.1 Å². The zero-order chi connectivity index (χ0) is 14.6. The Labute approximate surface area is 115 Å². The van der Waals surface area contributed by atoms with Crippen molar-refractivity contribution in [2.45, 2.75) is 30.7 Å². The molecule has 0 radical (unpaired) electrons. The van der Waals surface area contributed by atoms with Gasteiger partial charge in [-0.25, -0.2) is 17.5 Å². The molecule has 0 aliphatic rings. The molecule has 0 saturated carbocycles. The van der Waals surface area contributed by atoms with Gasteiger partial charge in [0.2, 0.25) is 10.0 Å². The van der Waals surface area contributed by atoms with Gasteiger partial charge in [0.25, 0.3) is 0 Å². The smallest absolute Gasteiger partial charge is 0.304 e. The summed E-state index contributed by atoms with van der Waals surface area (Å²) in [4.78, 5) is 10.3. The van der Waals surface area contributed by atoms with Gasteiger partial charge in [0.05, 0.1) is 11.4 Å². The van der Waals surface area contributed by atoms with E-state index in [4.69, 9.17) is 16.7 Å². The van der Waals surface area contributed by atoms with Gasteiger partial charge in [-0.3, -0.25) is 4.79 Å². The lowest BCUT2D eigenvalue weighted by Crippen LogP contribution is -2.36. The van der Waals surface area contributed by atoms with Crippen LogP contribution in [0, 0.1) is 5.82 Å². The number of carbonyl (C=O) groups is 1. The van der Waals surface area contributed by atoms with Crippen LogP contribution in [-0.2, 0) is 14.8 Å². The van der Waals surface area contributed by atoms with E-state index in [1.54, 1.807) is 6.92 Å². The van der Waals surface area contributed by atoms with Gasteiger partial charge >= 0.3 is 5.97 Å². The second-order valence-corrected chi connectivity index (χ2v) is 5.99. The molecule has 0 fully saturated rings. The van der Waals surface area contributed by atoms with Crippen LogP contribution in [-0.4, -0.2) is 25.5 Å². The van der Waals surface area contributed by atoms with Gasteiger partial charge in [0, 0.05) is 6.04 Å². The maximum absolute atomic E-state index is 12.9. The minimum Gasteiger partial charge on any atom is -0.481 e. The summed E-state index contributed by atoms with van der Waals surface area (Å²) in [6, 6.07) is 2.14. The number of hydrogen-bond donors (Lipinski definition) is 2. The average Bonchev–Trinajstić information content (AvgIpc) is 2.26. The Morgan fingerprint density at radius 1 is 1.53 bits per heavy atom. The fourth-order valence-electron chi connectivity index (χ4n) is 1.46. The predicted molar refractivity (Wildman–Crippen MR) is 68.1 cm³/mol. The van der Waals surface area contributed by atoms with Crippen LogP contribution < -0.4 is 4.72 Å². The molecule has 1 unspecified atom stereocenters. The zero-order valence-corrected chi connectivity index (χ0v) is 11.6. The van der Waals surface area contributed by atoms with Gasteiger partial charge in [0.15, 0.2) is 0 Å². The third-order valence-electron chi connectivity index (χ3n) is 2.42. The Balaban J connectivity index is 3.00. The Morgan fingerprint density at radius 2 is 2.16 bits per heavy atom. The molecule has 1 atom stereocenters. The van der Waals surface area contributed by atoms with E-state index < -0.39 is 27.9 Å². The van der Waals surface area contributed by atoms with Gasteiger partial charge in [0.1, 0.15) is 10.7 Å². The summed E-state index contributed by atoms with van der Waals surface area (Å²) in [5.74, 6) is -1.76. The molecule has 0 amide bonds. The molecule has 0 aliphatic carbocycles. The van der Waals surface area contributed by atoms with Crippen LogP contribution >= 0.6 is 11.6 Å². The van der Waals surface area contributed by atoms with Gasteiger partial charge < -0.3 is 5.11 Å². The summed E-state index contributed by atoms with van der Waals surface area (Å²) in [7, 11) is -3.98. The molecule has 1 aromatic rings. The highest BCUT2D eigenvalue weighted by Gasteiger charge is 2.23. The number of aliphatic carboxylic acids is 1. The van der Waals surface area contributed by atoms with Crippen molar-refractivity contribution in [3.8, 4) is 0 Å². The largest absolute Gasteiger partial charge is 0.481 e. The van der Waals surface area contributed by atoms with Crippen LogP contribution in [0.3, 0.4) is 0 Å². The molecule has 1 aromatic carbocycles. The number of rotatable bonds is 6. The van der Waals surface area contributed by atoms with Gasteiger partial charge in [-0.05, 0) is 24.6 Å². The van der Waals surface area contributed by atoms with E-state index in [0.29, 0.717) is 6.42 Å². The molecule has 19 heavy (non-hydrogen) atoms. The van der Waals surface area contributed by atoms with Gasteiger partial charge in [-0.2, -0.15) is 0 Å². The van der Waals surface area contributed by atoms with E-state index >= 15 is 0 Å². The number of nitrogens with one attached hydrogen (secondary N) is 1. The molecule has 5 nitrogen and oxygen atoms in total. The minimum atomic E-state index is -3.98. The van der Waals surface area contributed by atoms with Crippen molar-refractivity contribution in [2.24, 2.45) is 0 Å². The number of hydrogen-bond acceptors (Lipinski definition) is 3. The standard InChI is InChI=1S/C11H13ClFNO4S/c1-2-8(6-11(15)16)14-19(17,18)10-4-3-7(13)5-9(10)12/h3-5,8,14H,2,6H2,1H3,(H,15,16). The lowest BCUT2D eigenvalue weighted by molar-refractivity contribution is -0.137. The number of carboxylic acid groups (broad SMARTS) is 1. The average molecular weight is 310 g/mol. The minimum absolute atomic E-state index is 0.252. The van der Waals surface area contributed by atoms with Crippen molar-refractivity contribution >= 4 is 27.6 Å². The third kappa shape index (κ3) is 4.45. The molecular weight excluding hydrogens is 297 g/mol. The maximum Gasteiger partial charge on any atom is 0.304 e. The second kappa shape index (κ2) is 6.31. The van der Waals surface area contributed by atoms with Gasteiger partial charge in [-0.15, -0.1) is 0 Å². The summed E-state index contributed by atoms with van der Waals surface area (Å²) in [6.07, 6.45) is -0.0289. The summed E-state index contributed by atoms with van der Waals surface area (Å²) >= 11 is 5.67. The van der Waals surface area contributed by atoms with Crippen molar-refractivity contribution < 1.29 is 22.7 Å². The maximum atomic E-state index is 12.9.